The van der Waals surface area contributed by atoms with E-state index in [1.54, 1.807) is 31.2 Å². The van der Waals surface area contributed by atoms with Crippen LogP contribution in [-0.2, 0) is 10.0 Å². The molecule has 1 aromatic rings. The molecule has 0 saturated carbocycles. The first kappa shape index (κ1) is 15.8. The molecule has 0 radical (unpaired) electrons. The average molecular weight is 286 g/mol. The monoisotopic (exact) mass is 286 g/mol. The second-order valence-corrected chi connectivity index (χ2v) is 6.32. The molecule has 1 rings (SSSR count). The summed E-state index contributed by atoms with van der Waals surface area (Å²) in [6, 6.07) is 6.89. The van der Waals surface area contributed by atoms with Gasteiger partial charge in [-0.1, -0.05) is 6.92 Å². The molecule has 0 amide bonds. The smallest absolute Gasteiger partial charge is 0.236 e. The molecule has 2 N–H and O–H groups in total. The summed E-state index contributed by atoms with van der Waals surface area (Å²) in [6.45, 7) is 7.30. The van der Waals surface area contributed by atoms with E-state index in [2.05, 4.69) is 10.0 Å². The summed E-state index contributed by atoms with van der Waals surface area (Å²) in [6.07, 6.45) is 0. The van der Waals surface area contributed by atoms with Crippen molar-refractivity contribution < 1.29 is 13.2 Å². The molecule has 1 atom stereocenters. The van der Waals surface area contributed by atoms with Gasteiger partial charge in [-0.15, -0.1) is 0 Å². The number of anilines is 1. The van der Waals surface area contributed by atoms with Gasteiger partial charge in [0, 0.05) is 12.2 Å². The lowest BCUT2D eigenvalue weighted by molar-refractivity contribution is 0.340. The molecule has 108 valence electrons. The first-order valence-corrected chi connectivity index (χ1v) is 7.99. The fraction of sp³-hybridized carbons (Fsp3) is 0.538. The van der Waals surface area contributed by atoms with Gasteiger partial charge >= 0.3 is 0 Å². The number of ether oxygens (including phenoxy) is 1. The van der Waals surface area contributed by atoms with Crippen LogP contribution in [-0.4, -0.2) is 33.4 Å². The van der Waals surface area contributed by atoms with Crippen LogP contribution in [0, 0.1) is 0 Å². The Morgan fingerprint density at radius 2 is 1.84 bits per heavy atom. The Morgan fingerprint density at radius 3 is 2.37 bits per heavy atom. The molecule has 19 heavy (non-hydrogen) atoms. The van der Waals surface area contributed by atoms with Gasteiger partial charge in [0.15, 0.2) is 0 Å². The van der Waals surface area contributed by atoms with E-state index < -0.39 is 15.3 Å². The molecule has 0 heterocycles. The van der Waals surface area contributed by atoms with Gasteiger partial charge in [0.1, 0.15) is 5.75 Å². The fourth-order valence-electron chi connectivity index (χ4n) is 1.51. The van der Waals surface area contributed by atoms with E-state index in [1.807, 2.05) is 13.8 Å². The quantitative estimate of drug-likeness (QED) is 0.765. The van der Waals surface area contributed by atoms with Crippen molar-refractivity contribution >= 4 is 15.7 Å². The normalized spacial score (nSPS) is 13.0. The highest BCUT2D eigenvalue weighted by Crippen LogP contribution is 2.17. The van der Waals surface area contributed by atoms with Gasteiger partial charge in [0.05, 0.1) is 11.9 Å². The van der Waals surface area contributed by atoms with Crippen LogP contribution >= 0.6 is 0 Å². The Hall–Kier alpha value is -1.27. The third kappa shape index (κ3) is 5.08. The second kappa shape index (κ2) is 7.35. The van der Waals surface area contributed by atoms with E-state index in [0.29, 0.717) is 18.8 Å². The van der Waals surface area contributed by atoms with Crippen molar-refractivity contribution in [2.75, 3.05) is 24.4 Å². The molecule has 0 aromatic heterocycles. The van der Waals surface area contributed by atoms with E-state index in [1.165, 1.54) is 0 Å². The maximum absolute atomic E-state index is 12.0. The molecule has 0 saturated heterocycles. The predicted octanol–water partition coefficient (Wildman–Crippen LogP) is 1.82. The molecular formula is C13H22N2O3S. The summed E-state index contributed by atoms with van der Waals surface area (Å²) < 4.78 is 31.9. The van der Waals surface area contributed by atoms with Crippen molar-refractivity contribution in [3.8, 4) is 5.75 Å². The summed E-state index contributed by atoms with van der Waals surface area (Å²) in [5.41, 5.74) is 0.548. The number of hydrogen-bond acceptors (Lipinski definition) is 4. The van der Waals surface area contributed by atoms with Crippen LogP contribution in [0.4, 0.5) is 5.69 Å². The zero-order valence-corrected chi connectivity index (χ0v) is 12.5. The van der Waals surface area contributed by atoms with E-state index in [4.69, 9.17) is 4.74 Å². The molecule has 1 aromatic carbocycles. The summed E-state index contributed by atoms with van der Waals surface area (Å²) in [7, 11) is -3.36. The van der Waals surface area contributed by atoms with Gasteiger partial charge in [0.25, 0.3) is 0 Å². The molecule has 0 fully saturated rings. The molecule has 0 bridgehead atoms. The lowest BCUT2D eigenvalue weighted by Crippen LogP contribution is -2.34. The minimum atomic E-state index is -3.36. The average Bonchev–Trinajstić information content (AvgIpc) is 2.38. The number of sulfonamides is 1. The summed E-state index contributed by atoms with van der Waals surface area (Å²) in [4.78, 5) is 0. The summed E-state index contributed by atoms with van der Waals surface area (Å²) in [5.74, 6) is 0.728. The van der Waals surface area contributed by atoms with E-state index >= 15 is 0 Å². The zero-order chi connectivity index (χ0) is 14.3. The molecule has 0 aliphatic heterocycles. The minimum absolute atomic E-state index is 0.433. The van der Waals surface area contributed by atoms with E-state index in [-0.39, 0.29) is 0 Å². The van der Waals surface area contributed by atoms with Gasteiger partial charge < -0.3 is 10.1 Å². The highest BCUT2D eigenvalue weighted by Gasteiger charge is 2.19. The Morgan fingerprint density at radius 1 is 1.21 bits per heavy atom. The van der Waals surface area contributed by atoms with Crippen LogP contribution in [0.1, 0.15) is 20.8 Å². The third-order valence-corrected chi connectivity index (χ3v) is 4.38. The first-order valence-electron chi connectivity index (χ1n) is 6.44. The molecule has 5 nitrogen and oxygen atoms in total. The second-order valence-electron chi connectivity index (χ2n) is 4.22. The lowest BCUT2D eigenvalue weighted by Gasteiger charge is -2.15. The van der Waals surface area contributed by atoms with Gasteiger partial charge in [-0.2, -0.15) is 0 Å². The van der Waals surface area contributed by atoms with Crippen molar-refractivity contribution in [2.45, 2.75) is 26.0 Å². The summed E-state index contributed by atoms with van der Waals surface area (Å²) in [5, 5.41) is 2.54. The van der Waals surface area contributed by atoms with Crippen molar-refractivity contribution in [3.05, 3.63) is 24.3 Å². The zero-order valence-electron chi connectivity index (χ0n) is 11.6. The number of benzene rings is 1. The van der Waals surface area contributed by atoms with Crippen LogP contribution in [0.15, 0.2) is 24.3 Å². The van der Waals surface area contributed by atoms with Crippen molar-refractivity contribution in [2.24, 2.45) is 0 Å². The van der Waals surface area contributed by atoms with E-state index in [0.717, 1.165) is 12.3 Å². The molecule has 6 heteroatoms. The Balaban J connectivity index is 2.67. The van der Waals surface area contributed by atoms with Gasteiger partial charge in [-0.25, -0.2) is 8.42 Å². The number of hydrogen-bond donors (Lipinski definition) is 2. The molecular weight excluding hydrogens is 264 g/mol. The van der Waals surface area contributed by atoms with Crippen LogP contribution in [0.3, 0.4) is 0 Å². The lowest BCUT2D eigenvalue weighted by atomic mass is 10.3. The Kier molecular flexibility index (Phi) is 6.11. The van der Waals surface area contributed by atoms with Gasteiger partial charge in [0.2, 0.25) is 10.0 Å². The fourth-order valence-corrected chi connectivity index (χ4v) is 2.51. The van der Waals surface area contributed by atoms with E-state index in [9.17, 15) is 8.42 Å². The van der Waals surface area contributed by atoms with Crippen molar-refractivity contribution in [3.63, 3.8) is 0 Å². The van der Waals surface area contributed by atoms with Gasteiger partial charge in [-0.05, 0) is 44.7 Å². The SMILES string of the molecule is CCNCC(C)S(=O)(=O)Nc1ccc(OCC)cc1. The number of nitrogens with one attached hydrogen (secondary N) is 2. The Labute approximate surface area is 115 Å². The largest absolute Gasteiger partial charge is 0.494 e. The van der Waals surface area contributed by atoms with Crippen LogP contribution < -0.4 is 14.8 Å². The maximum atomic E-state index is 12.0. The highest BCUT2D eigenvalue weighted by atomic mass is 32.2. The minimum Gasteiger partial charge on any atom is -0.494 e. The highest BCUT2D eigenvalue weighted by molar-refractivity contribution is 7.93. The molecule has 0 aliphatic carbocycles. The molecule has 1 unspecified atom stereocenters. The molecule has 0 spiro atoms. The predicted molar refractivity (Wildman–Crippen MR) is 78.2 cm³/mol. The van der Waals surface area contributed by atoms with Crippen LogP contribution in [0.5, 0.6) is 5.75 Å². The van der Waals surface area contributed by atoms with Crippen LogP contribution in [0.25, 0.3) is 0 Å². The van der Waals surface area contributed by atoms with Crippen molar-refractivity contribution in [1.29, 1.82) is 0 Å². The number of rotatable bonds is 8. The van der Waals surface area contributed by atoms with Gasteiger partial charge in [-0.3, -0.25) is 4.72 Å². The Bertz CT molecular complexity index is 471. The van der Waals surface area contributed by atoms with Crippen molar-refractivity contribution in [1.82, 2.24) is 5.32 Å². The van der Waals surface area contributed by atoms with Crippen LogP contribution in [0.2, 0.25) is 0 Å². The first-order chi connectivity index (χ1) is 8.99. The third-order valence-electron chi connectivity index (χ3n) is 2.64. The summed E-state index contributed by atoms with van der Waals surface area (Å²) >= 11 is 0. The standard InChI is InChI=1S/C13H22N2O3S/c1-4-14-10-11(3)19(16,17)15-12-6-8-13(9-7-12)18-5-2/h6-9,11,14-15H,4-5,10H2,1-3H3. The molecule has 0 aliphatic rings. The maximum Gasteiger partial charge on any atom is 0.236 e. The topological polar surface area (TPSA) is 67.4 Å².